The number of benzene rings is 1. The minimum absolute atomic E-state index is 0.877. The monoisotopic (exact) mass is 286 g/mol. The van der Waals surface area contributed by atoms with Gasteiger partial charge in [-0.3, -0.25) is 0 Å². The average Bonchev–Trinajstić information content (AvgIpc) is 2.26. The van der Waals surface area contributed by atoms with E-state index in [1.165, 1.54) is 5.56 Å². The van der Waals surface area contributed by atoms with Crippen molar-refractivity contribution in [2.75, 3.05) is 34.3 Å². The molecule has 4 heteroatoms. The fraction of sp³-hybridized carbons (Fsp3) is 0.500. The summed E-state index contributed by atoms with van der Waals surface area (Å²) in [6.07, 6.45) is 0. The van der Waals surface area contributed by atoms with Crippen LogP contribution in [0.15, 0.2) is 22.7 Å². The molecule has 0 atom stereocenters. The van der Waals surface area contributed by atoms with Gasteiger partial charge in [-0.15, -0.1) is 0 Å². The smallest absolute Gasteiger partial charge is 0.133 e. The van der Waals surface area contributed by atoms with Gasteiger partial charge in [0.25, 0.3) is 0 Å². The van der Waals surface area contributed by atoms with E-state index in [-0.39, 0.29) is 0 Å². The molecule has 0 aliphatic heterocycles. The fourth-order valence-electron chi connectivity index (χ4n) is 1.50. The maximum Gasteiger partial charge on any atom is 0.133 e. The summed E-state index contributed by atoms with van der Waals surface area (Å²) in [6.45, 7) is 3.00. The van der Waals surface area contributed by atoms with Gasteiger partial charge in [-0.1, -0.05) is 6.07 Å². The quantitative estimate of drug-likeness (QED) is 0.867. The molecule has 1 aromatic rings. The molecular formula is C12H19BrN2O. The van der Waals surface area contributed by atoms with Crippen molar-refractivity contribution in [3.05, 3.63) is 28.2 Å². The maximum atomic E-state index is 5.20. The molecule has 0 amide bonds. The molecule has 0 radical (unpaired) electrons. The molecule has 0 bridgehead atoms. The van der Waals surface area contributed by atoms with Crippen LogP contribution in [0, 0.1) is 0 Å². The van der Waals surface area contributed by atoms with Crippen LogP contribution in [0.4, 0.5) is 0 Å². The molecule has 1 N–H and O–H groups in total. The van der Waals surface area contributed by atoms with Crippen LogP contribution >= 0.6 is 15.9 Å². The average molecular weight is 287 g/mol. The zero-order chi connectivity index (χ0) is 12.0. The van der Waals surface area contributed by atoms with E-state index in [1.54, 1.807) is 7.11 Å². The zero-order valence-electron chi connectivity index (χ0n) is 10.1. The molecule has 0 aromatic heterocycles. The molecule has 0 aliphatic rings. The minimum Gasteiger partial charge on any atom is -0.496 e. The van der Waals surface area contributed by atoms with E-state index in [0.717, 1.165) is 29.9 Å². The van der Waals surface area contributed by atoms with Crippen molar-refractivity contribution < 1.29 is 4.74 Å². The SMILES string of the molecule is CNCCN(C)Cc1ccc(OC)c(Br)c1. The van der Waals surface area contributed by atoms with Crippen LogP contribution in [0.25, 0.3) is 0 Å². The molecule has 90 valence electrons. The van der Waals surface area contributed by atoms with Crippen molar-refractivity contribution in [2.24, 2.45) is 0 Å². The van der Waals surface area contributed by atoms with Gasteiger partial charge in [-0.25, -0.2) is 0 Å². The van der Waals surface area contributed by atoms with Gasteiger partial charge in [-0.2, -0.15) is 0 Å². The highest BCUT2D eigenvalue weighted by molar-refractivity contribution is 9.10. The highest BCUT2D eigenvalue weighted by Gasteiger charge is 2.03. The van der Waals surface area contributed by atoms with Crippen molar-refractivity contribution in [1.29, 1.82) is 0 Å². The van der Waals surface area contributed by atoms with E-state index in [4.69, 9.17) is 4.74 Å². The van der Waals surface area contributed by atoms with Crippen LogP contribution in [0.3, 0.4) is 0 Å². The summed E-state index contributed by atoms with van der Waals surface area (Å²) in [4.78, 5) is 2.28. The third kappa shape index (κ3) is 4.12. The van der Waals surface area contributed by atoms with Crippen molar-refractivity contribution in [3.8, 4) is 5.75 Å². The number of halogens is 1. The number of rotatable bonds is 6. The largest absolute Gasteiger partial charge is 0.496 e. The molecule has 0 saturated carbocycles. The number of hydrogen-bond acceptors (Lipinski definition) is 3. The Bertz CT molecular complexity index is 331. The van der Waals surface area contributed by atoms with Gasteiger partial charge >= 0.3 is 0 Å². The first kappa shape index (κ1) is 13.5. The molecule has 0 unspecified atom stereocenters. The third-order valence-electron chi connectivity index (χ3n) is 2.41. The minimum atomic E-state index is 0.877. The molecular weight excluding hydrogens is 268 g/mol. The number of hydrogen-bond donors (Lipinski definition) is 1. The van der Waals surface area contributed by atoms with Gasteiger partial charge in [0, 0.05) is 19.6 Å². The molecule has 1 rings (SSSR count). The van der Waals surface area contributed by atoms with Crippen LogP contribution in [0.2, 0.25) is 0 Å². The third-order valence-corrected chi connectivity index (χ3v) is 3.03. The summed E-state index contributed by atoms with van der Waals surface area (Å²) < 4.78 is 6.21. The molecule has 16 heavy (non-hydrogen) atoms. The van der Waals surface area contributed by atoms with E-state index in [9.17, 15) is 0 Å². The van der Waals surface area contributed by atoms with Crippen molar-refractivity contribution in [3.63, 3.8) is 0 Å². The lowest BCUT2D eigenvalue weighted by Gasteiger charge is -2.16. The van der Waals surface area contributed by atoms with E-state index in [1.807, 2.05) is 13.1 Å². The number of nitrogens with zero attached hydrogens (tertiary/aromatic N) is 1. The lowest BCUT2D eigenvalue weighted by Crippen LogP contribution is -2.26. The first-order chi connectivity index (χ1) is 7.67. The Morgan fingerprint density at radius 2 is 2.19 bits per heavy atom. The van der Waals surface area contributed by atoms with Crippen molar-refractivity contribution >= 4 is 15.9 Å². The van der Waals surface area contributed by atoms with Crippen LogP contribution in [0.5, 0.6) is 5.75 Å². The molecule has 0 heterocycles. The van der Waals surface area contributed by atoms with E-state index in [0.29, 0.717) is 0 Å². The number of ether oxygens (including phenoxy) is 1. The Morgan fingerprint density at radius 1 is 1.44 bits per heavy atom. The molecule has 0 aliphatic carbocycles. The van der Waals surface area contributed by atoms with Crippen LogP contribution in [-0.2, 0) is 6.54 Å². The Morgan fingerprint density at radius 3 is 2.75 bits per heavy atom. The molecule has 0 saturated heterocycles. The van der Waals surface area contributed by atoms with Crippen molar-refractivity contribution in [2.45, 2.75) is 6.54 Å². The van der Waals surface area contributed by atoms with Crippen molar-refractivity contribution in [1.82, 2.24) is 10.2 Å². The van der Waals surface area contributed by atoms with E-state index < -0.39 is 0 Å². The predicted molar refractivity (Wildman–Crippen MR) is 71.0 cm³/mol. The lowest BCUT2D eigenvalue weighted by molar-refractivity contribution is 0.328. The summed E-state index contributed by atoms with van der Waals surface area (Å²) in [5.74, 6) is 0.877. The lowest BCUT2D eigenvalue weighted by atomic mass is 10.2. The van der Waals surface area contributed by atoms with Crippen LogP contribution < -0.4 is 10.1 Å². The second-order valence-electron chi connectivity index (χ2n) is 3.81. The topological polar surface area (TPSA) is 24.5 Å². The number of nitrogens with one attached hydrogen (secondary N) is 1. The summed E-state index contributed by atoms with van der Waals surface area (Å²) in [5.41, 5.74) is 1.28. The highest BCUT2D eigenvalue weighted by Crippen LogP contribution is 2.25. The number of methoxy groups -OCH3 is 1. The first-order valence-electron chi connectivity index (χ1n) is 5.33. The van der Waals surface area contributed by atoms with Gasteiger partial charge in [-0.05, 0) is 47.7 Å². The Labute approximate surface area is 106 Å². The van der Waals surface area contributed by atoms with Crippen LogP contribution in [0.1, 0.15) is 5.56 Å². The zero-order valence-corrected chi connectivity index (χ0v) is 11.7. The normalized spacial score (nSPS) is 10.8. The van der Waals surface area contributed by atoms with Crippen LogP contribution in [-0.4, -0.2) is 39.2 Å². The fourth-order valence-corrected chi connectivity index (χ4v) is 2.09. The Hall–Kier alpha value is -0.580. The highest BCUT2D eigenvalue weighted by atomic mass is 79.9. The maximum absolute atomic E-state index is 5.20. The summed E-state index contributed by atoms with van der Waals surface area (Å²) >= 11 is 3.49. The number of likely N-dealkylation sites (N-methyl/N-ethyl adjacent to an activating group) is 2. The Kier molecular flexibility index (Phi) is 5.80. The van der Waals surface area contributed by atoms with Gasteiger partial charge in [0.2, 0.25) is 0 Å². The molecule has 3 nitrogen and oxygen atoms in total. The summed E-state index contributed by atoms with van der Waals surface area (Å²) in [6, 6.07) is 6.19. The molecule has 0 spiro atoms. The first-order valence-corrected chi connectivity index (χ1v) is 6.12. The Balaban J connectivity index is 2.57. The summed E-state index contributed by atoms with van der Waals surface area (Å²) in [7, 11) is 5.77. The van der Waals surface area contributed by atoms with Gasteiger partial charge in [0.15, 0.2) is 0 Å². The van der Waals surface area contributed by atoms with E-state index in [2.05, 4.69) is 45.3 Å². The van der Waals surface area contributed by atoms with Gasteiger partial charge in [0.05, 0.1) is 11.6 Å². The molecule has 1 aromatic carbocycles. The molecule has 0 fully saturated rings. The summed E-state index contributed by atoms with van der Waals surface area (Å²) in [5, 5.41) is 3.14. The second kappa shape index (κ2) is 6.89. The van der Waals surface area contributed by atoms with Gasteiger partial charge < -0.3 is 15.0 Å². The second-order valence-corrected chi connectivity index (χ2v) is 4.66. The standard InChI is InChI=1S/C12H19BrN2O/c1-14-6-7-15(2)9-10-4-5-12(16-3)11(13)8-10/h4-5,8,14H,6-7,9H2,1-3H3. The van der Waals surface area contributed by atoms with E-state index >= 15 is 0 Å². The predicted octanol–water partition coefficient (Wildman–Crippen LogP) is 2.11. The van der Waals surface area contributed by atoms with Gasteiger partial charge in [0.1, 0.15) is 5.75 Å².